The molecule has 0 spiro atoms. The third kappa shape index (κ3) is 1.46. The zero-order chi connectivity index (χ0) is 9.26. The molecule has 13 heavy (non-hydrogen) atoms. The summed E-state index contributed by atoms with van der Waals surface area (Å²) in [5.74, 6) is 0.450. The molecule has 0 saturated heterocycles. The quantitative estimate of drug-likeness (QED) is 0.680. The number of imidazole rings is 1. The molecular formula is C7H5ClN4O. The fourth-order valence-electron chi connectivity index (χ4n) is 0.961. The molecule has 0 aliphatic rings. The minimum Gasteiger partial charge on any atom is -0.312 e. The molecule has 0 aliphatic heterocycles. The highest BCUT2D eigenvalue weighted by molar-refractivity contribution is 6.28. The molecule has 2 heterocycles. The predicted molar refractivity (Wildman–Crippen MR) is 47.0 cm³/mol. The lowest BCUT2D eigenvalue weighted by molar-refractivity contribution is 0.926. The van der Waals surface area contributed by atoms with E-state index < -0.39 is 0 Å². The predicted octanol–water partition coefficient (Wildman–Crippen LogP) is 0.609. The zero-order valence-corrected chi connectivity index (χ0v) is 7.19. The fraction of sp³-hybridized carbons (Fsp3) is 0. The normalized spacial score (nSPS) is 10.2. The van der Waals surface area contributed by atoms with E-state index in [2.05, 4.69) is 15.0 Å². The lowest BCUT2D eigenvalue weighted by Crippen LogP contribution is -2.15. The SMILES string of the molecule is O=c1[nH]ccn1-c1ccnc(Cl)n1. The Bertz CT molecular complexity index is 475. The standard InChI is InChI=1S/C7H5ClN4O/c8-6-9-2-1-5(11-6)12-4-3-10-7(12)13/h1-4H,(H,10,13). The van der Waals surface area contributed by atoms with Gasteiger partial charge in [-0.2, -0.15) is 4.98 Å². The molecule has 2 aromatic heterocycles. The van der Waals surface area contributed by atoms with Crippen LogP contribution in [0.5, 0.6) is 0 Å². The molecule has 66 valence electrons. The lowest BCUT2D eigenvalue weighted by Gasteiger charge is -1.97. The van der Waals surface area contributed by atoms with Gasteiger partial charge in [-0.1, -0.05) is 0 Å². The second-order valence-corrected chi connectivity index (χ2v) is 2.66. The summed E-state index contributed by atoms with van der Waals surface area (Å²) in [4.78, 5) is 21.2. The topological polar surface area (TPSA) is 63.6 Å². The van der Waals surface area contributed by atoms with Crippen LogP contribution < -0.4 is 5.69 Å². The molecular weight excluding hydrogens is 192 g/mol. The molecule has 0 bridgehead atoms. The van der Waals surface area contributed by atoms with E-state index in [1.807, 2.05) is 0 Å². The first-order chi connectivity index (χ1) is 6.27. The van der Waals surface area contributed by atoms with Crippen molar-refractivity contribution in [2.45, 2.75) is 0 Å². The molecule has 2 aromatic rings. The van der Waals surface area contributed by atoms with E-state index in [4.69, 9.17) is 11.6 Å². The summed E-state index contributed by atoms with van der Waals surface area (Å²) in [6.45, 7) is 0. The number of nitrogens with zero attached hydrogens (tertiary/aromatic N) is 3. The van der Waals surface area contributed by atoms with Gasteiger partial charge in [-0.05, 0) is 17.7 Å². The summed E-state index contributed by atoms with van der Waals surface area (Å²) in [6, 6.07) is 1.60. The summed E-state index contributed by atoms with van der Waals surface area (Å²) in [5.41, 5.74) is -0.255. The van der Waals surface area contributed by atoms with E-state index >= 15 is 0 Å². The summed E-state index contributed by atoms with van der Waals surface area (Å²) in [5, 5.41) is 0.116. The van der Waals surface area contributed by atoms with E-state index in [0.717, 1.165) is 0 Å². The van der Waals surface area contributed by atoms with Crippen LogP contribution in [0, 0.1) is 0 Å². The van der Waals surface area contributed by atoms with E-state index in [1.54, 1.807) is 12.3 Å². The van der Waals surface area contributed by atoms with Crippen LogP contribution in [-0.2, 0) is 0 Å². The number of aromatic nitrogens is 4. The molecule has 5 nitrogen and oxygen atoms in total. The van der Waals surface area contributed by atoms with Crippen LogP contribution in [0.2, 0.25) is 5.28 Å². The highest BCUT2D eigenvalue weighted by Crippen LogP contribution is 2.03. The van der Waals surface area contributed by atoms with Crippen molar-refractivity contribution >= 4 is 11.6 Å². The second kappa shape index (κ2) is 3.02. The molecule has 0 atom stereocenters. The summed E-state index contributed by atoms with van der Waals surface area (Å²) < 4.78 is 1.34. The molecule has 0 radical (unpaired) electrons. The smallest absolute Gasteiger partial charge is 0.312 e. The number of halogens is 1. The van der Waals surface area contributed by atoms with Gasteiger partial charge in [-0.15, -0.1) is 0 Å². The van der Waals surface area contributed by atoms with Crippen molar-refractivity contribution in [1.82, 2.24) is 19.5 Å². The van der Waals surface area contributed by atoms with E-state index in [-0.39, 0.29) is 11.0 Å². The largest absolute Gasteiger partial charge is 0.331 e. The van der Waals surface area contributed by atoms with Crippen LogP contribution >= 0.6 is 11.6 Å². The minimum atomic E-state index is -0.255. The second-order valence-electron chi connectivity index (χ2n) is 2.32. The van der Waals surface area contributed by atoms with Gasteiger partial charge < -0.3 is 4.98 Å². The van der Waals surface area contributed by atoms with Crippen molar-refractivity contribution in [1.29, 1.82) is 0 Å². The van der Waals surface area contributed by atoms with Gasteiger partial charge in [0.05, 0.1) is 0 Å². The maximum absolute atomic E-state index is 11.1. The number of rotatable bonds is 1. The molecule has 0 fully saturated rings. The Morgan fingerprint density at radius 3 is 3.00 bits per heavy atom. The van der Waals surface area contributed by atoms with Gasteiger partial charge in [-0.3, -0.25) is 4.57 Å². The molecule has 1 N–H and O–H groups in total. The molecule has 0 aliphatic carbocycles. The highest BCUT2D eigenvalue weighted by atomic mass is 35.5. The number of aromatic amines is 1. The van der Waals surface area contributed by atoms with Crippen molar-refractivity contribution in [2.24, 2.45) is 0 Å². The minimum absolute atomic E-state index is 0.116. The maximum atomic E-state index is 11.1. The third-order valence-corrected chi connectivity index (χ3v) is 1.69. The number of nitrogens with one attached hydrogen (secondary N) is 1. The van der Waals surface area contributed by atoms with Crippen LogP contribution in [0.3, 0.4) is 0 Å². The Morgan fingerprint density at radius 2 is 2.38 bits per heavy atom. The Balaban J connectivity index is 2.59. The van der Waals surface area contributed by atoms with Gasteiger partial charge in [0.15, 0.2) is 0 Å². The van der Waals surface area contributed by atoms with Crippen molar-refractivity contribution < 1.29 is 0 Å². The zero-order valence-electron chi connectivity index (χ0n) is 6.44. The third-order valence-electron chi connectivity index (χ3n) is 1.51. The van der Waals surface area contributed by atoms with Gasteiger partial charge in [0.2, 0.25) is 5.28 Å². The summed E-state index contributed by atoms with van der Waals surface area (Å²) >= 11 is 5.57. The highest BCUT2D eigenvalue weighted by Gasteiger charge is 2.01. The Hall–Kier alpha value is -1.62. The summed E-state index contributed by atoms with van der Waals surface area (Å²) in [7, 11) is 0. The van der Waals surface area contributed by atoms with E-state index in [9.17, 15) is 4.79 Å². The van der Waals surface area contributed by atoms with Gasteiger partial charge in [-0.25, -0.2) is 9.78 Å². The molecule has 0 saturated carbocycles. The fourth-order valence-corrected chi connectivity index (χ4v) is 1.10. The summed E-state index contributed by atoms with van der Waals surface area (Å²) in [6.07, 6.45) is 4.59. The van der Waals surface area contributed by atoms with Crippen molar-refractivity contribution in [3.8, 4) is 5.82 Å². The van der Waals surface area contributed by atoms with Gasteiger partial charge in [0, 0.05) is 18.6 Å². The van der Waals surface area contributed by atoms with Crippen LogP contribution in [-0.4, -0.2) is 19.5 Å². The van der Waals surface area contributed by atoms with Gasteiger partial charge >= 0.3 is 5.69 Å². The van der Waals surface area contributed by atoms with Crippen molar-refractivity contribution in [2.75, 3.05) is 0 Å². The average molecular weight is 197 g/mol. The Labute approximate surface area is 78.0 Å². The van der Waals surface area contributed by atoms with Crippen LogP contribution in [0.1, 0.15) is 0 Å². The van der Waals surface area contributed by atoms with E-state index in [1.165, 1.54) is 17.0 Å². The number of H-pyrrole nitrogens is 1. The van der Waals surface area contributed by atoms with E-state index in [0.29, 0.717) is 5.82 Å². The number of hydrogen-bond acceptors (Lipinski definition) is 3. The average Bonchev–Trinajstić information content (AvgIpc) is 2.51. The van der Waals surface area contributed by atoms with Gasteiger partial charge in [0.25, 0.3) is 0 Å². The molecule has 0 aromatic carbocycles. The Kier molecular flexibility index (Phi) is 1.86. The maximum Gasteiger partial charge on any atom is 0.331 e. The molecule has 6 heteroatoms. The molecule has 0 unspecified atom stereocenters. The lowest BCUT2D eigenvalue weighted by atomic mass is 10.6. The van der Waals surface area contributed by atoms with Crippen molar-refractivity contribution in [3.05, 3.63) is 40.4 Å². The molecule has 0 amide bonds. The first-order valence-corrected chi connectivity index (χ1v) is 3.90. The number of hydrogen-bond donors (Lipinski definition) is 1. The monoisotopic (exact) mass is 196 g/mol. The Morgan fingerprint density at radius 1 is 1.54 bits per heavy atom. The van der Waals surface area contributed by atoms with Crippen LogP contribution in [0.25, 0.3) is 5.82 Å². The first-order valence-electron chi connectivity index (χ1n) is 3.52. The van der Waals surface area contributed by atoms with Crippen LogP contribution in [0.15, 0.2) is 29.5 Å². The van der Waals surface area contributed by atoms with Crippen molar-refractivity contribution in [3.63, 3.8) is 0 Å². The first kappa shape index (κ1) is 8.00. The van der Waals surface area contributed by atoms with Crippen LogP contribution in [0.4, 0.5) is 0 Å². The molecule has 2 rings (SSSR count). The van der Waals surface area contributed by atoms with Gasteiger partial charge in [0.1, 0.15) is 5.82 Å².